The molecular formula is C63H103NO13. The third kappa shape index (κ3) is 34.8. The van der Waals surface area contributed by atoms with Gasteiger partial charge in [-0.05, 0) is 63.2 Å². The Hall–Kier alpha value is -4.56. The van der Waals surface area contributed by atoms with Crippen molar-refractivity contribution in [2.24, 2.45) is 0 Å². The van der Waals surface area contributed by atoms with Crippen molar-refractivity contribution >= 4 is 35.8 Å². The van der Waals surface area contributed by atoms with Gasteiger partial charge in [0.1, 0.15) is 18.8 Å². The highest BCUT2D eigenvalue weighted by Crippen LogP contribution is 2.31. The molecular weight excluding hydrogens is 979 g/mol. The minimum Gasteiger partial charge on any atom is -0.463 e. The van der Waals surface area contributed by atoms with E-state index >= 15 is 0 Å². The molecule has 0 aliphatic carbocycles. The Labute approximate surface area is 464 Å². The summed E-state index contributed by atoms with van der Waals surface area (Å²) in [5, 5.41) is 3.07. The van der Waals surface area contributed by atoms with Gasteiger partial charge in [0, 0.05) is 34.1 Å². The summed E-state index contributed by atoms with van der Waals surface area (Å²) in [6, 6.07) is 7.58. The second kappa shape index (κ2) is 45.3. The van der Waals surface area contributed by atoms with Crippen LogP contribution in [0.1, 0.15) is 257 Å². The largest absolute Gasteiger partial charge is 0.463 e. The molecule has 0 unspecified atom stereocenters. The Morgan fingerprint density at radius 1 is 0.519 bits per heavy atom. The molecule has 0 saturated carbocycles. The highest BCUT2D eigenvalue weighted by Gasteiger charge is 2.53. The lowest BCUT2D eigenvalue weighted by atomic mass is 9.98. The number of ether oxygens (including phenoxy) is 7. The molecule has 14 nitrogen and oxygen atoms in total. The number of carbonyl (C=O) groups excluding carboxylic acids is 6. The number of nitrogens with one attached hydrogen (secondary N) is 1. The second-order valence-electron chi connectivity index (χ2n) is 21.0. The number of esters is 5. The SMILES string of the molecule is CCCCCCCC/C=C\CCCCCCCCCCCCCC(=O)N[C@@H](CO[C@@H]1O[C@H](COC(C)=O)[C@H](OC(C)=O)[C@H](OC(C)=O)[C@H]1OC(C)=O)[C@@H](/C=C/CCCCCCCCCCCCC)OC(=O)c1ccccc1. The molecule has 1 heterocycles. The molecule has 1 aliphatic heterocycles. The molecule has 0 aromatic heterocycles. The normalized spacial score (nSPS) is 18.2. The maximum atomic E-state index is 13.9. The number of benzene rings is 1. The van der Waals surface area contributed by atoms with E-state index in [-0.39, 0.29) is 18.9 Å². The van der Waals surface area contributed by atoms with Gasteiger partial charge in [0.25, 0.3) is 0 Å². The van der Waals surface area contributed by atoms with E-state index in [0.29, 0.717) is 12.0 Å². The van der Waals surface area contributed by atoms with Gasteiger partial charge in [-0.3, -0.25) is 24.0 Å². The number of carbonyl (C=O) groups is 6. The van der Waals surface area contributed by atoms with Gasteiger partial charge in [-0.1, -0.05) is 204 Å². The fourth-order valence-electron chi connectivity index (χ4n) is 9.61. The predicted molar refractivity (Wildman–Crippen MR) is 303 cm³/mol. The maximum absolute atomic E-state index is 13.9. The number of allylic oxidation sites excluding steroid dienone is 3. The van der Waals surface area contributed by atoms with Gasteiger partial charge in [0.2, 0.25) is 5.91 Å². The molecule has 1 aromatic carbocycles. The number of rotatable bonds is 46. The van der Waals surface area contributed by atoms with Crippen LogP contribution in [0.5, 0.6) is 0 Å². The van der Waals surface area contributed by atoms with Gasteiger partial charge >= 0.3 is 29.8 Å². The van der Waals surface area contributed by atoms with E-state index in [1.165, 1.54) is 155 Å². The molecule has 2 rings (SSSR count). The quantitative estimate of drug-likeness (QED) is 0.0282. The molecule has 1 fully saturated rings. The van der Waals surface area contributed by atoms with Crippen LogP contribution in [0.25, 0.3) is 0 Å². The number of amides is 1. The summed E-state index contributed by atoms with van der Waals surface area (Å²) in [5.74, 6) is -3.86. The van der Waals surface area contributed by atoms with Gasteiger partial charge < -0.3 is 38.5 Å². The lowest BCUT2D eigenvalue weighted by Crippen LogP contribution is -2.63. The average molecular weight is 1080 g/mol. The molecule has 0 spiro atoms. The summed E-state index contributed by atoms with van der Waals surface area (Å²) < 4.78 is 40.9. The lowest BCUT2D eigenvalue weighted by molar-refractivity contribution is -0.309. The fourth-order valence-corrected chi connectivity index (χ4v) is 9.61. The van der Waals surface area contributed by atoms with Crippen LogP contribution < -0.4 is 5.32 Å². The molecule has 77 heavy (non-hydrogen) atoms. The zero-order chi connectivity index (χ0) is 56.1. The summed E-state index contributed by atoms with van der Waals surface area (Å²) in [6.07, 6.45) is 37.6. The lowest BCUT2D eigenvalue weighted by Gasteiger charge is -2.44. The van der Waals surface area contributed by atoms with E-state index < -0.39 is 79.3 Å². The molecule has 7 atom stereocenters. The predicted octanol–water partition coefficient (Wildman–Crippen LogP) is 14.4. The van der Waals surface area contributed by atoms with E-state index in [4.69, 9.17) is 33.2 Å². The molecule has 1 aliphatic rings. The first-order chi connectivity index (χ1) is 37.4. The summed E-state index contributed by atoms with van der Waals surface area (Å²) in [6.45, 7) is 8.35. The standard InChI is InChI=1S/C63H103NO13/c1-7-9-11-13-15-17-19-21-22-23-24-25-26-27-28-30-32-34-36-38-43-47-58(69)64-55(48-72-63-61(75-53(6)68)60(74-52(5)67)59(73-51(4)66)57(77-63)49-71-50(3)65)56(76-62(70)54-44-40-39-41-45-54)46-42-37-35-33-31-29-20-18-16-14-12-10-8-2/h21-22,39-42,44-46,55-57,59-61,63H,7-20,23-38,43,47-49H2,1-6H3,(H,64,69)/b22-21-,46-42+/t55-,56+,57+,59-,60-,61+,63+/m0/s1. The van der Waals surface area contributed by atoms with E-state index in [1.54, 1.807) is 36.4 Å². The van der Waals surface area contributed by atoms with Gasteiger partial charge in [-0.15, -0.1) is 0 Å². The minimum atomic E-state index is -1.51. The Morgan fingerprint density at radius 3 is 1.42 bits per heavy atom. The third-order valence-corrected chi connectivity index (χ3v) is 13.8. The second-order valence-corrected chi connectivity index (χ2v) is 21.0. The summed E-state index contributed by atoms with van der Waals surface area (Å²) in [7, 11) is 0. The highest BCUT2D eigenvalue weighted by atomic mass is 16.7. The monoisotopic (exact) mass is 1080 g/mol. The molecule has 0 bridgehead atoms. The summed E-state index contributed by atoms with van der Waals surface area (Å²) in [4.78, 5) is 77.1. The van der Waals surface area contributed by atoms with Crippen LogP contribution >= 0.6 is 0 Å². The van der Waals surface area contributed by atoms with Crippen molar-refractivity contribution in [2.75, 3.05) is 13.2 Å². The highest BCUT2D eigenvalue weighted by molar-refractivity contribution is 5.89. The van der Waals surface area contributed by atoms with Crippen molar-refractivity contribution in [3.8, 4) is 0 Å². The number of hydrogen-bond donors (Lipinski definition) is 1. The van der Waals surface area contributed by atoms with Crippen molar-refractivity contribution in [1.29, 1.82) is 0 Å². The maximum Gasteiger partial charge on any atom is 0.338 e. The van der Waals surface area contributed by atoms with E-state index in [9.17, 15) is 28.8 Å². The first kappa shape index (κ1) is 68.5. The molecule has 438 valence electrons. The van der Waals surface area contributed by atoms with Gasteiger partial charge in [-0.2, -0.15) is 0 Å². The Balaban J connectivity index is 2.16. The van der Waals surface area contributed by atoms with Crippen LogP contribution in [0.4, 0.5) is 0 Å². The van der Waals surface area contributed by atoms with Crippen LogP contribution in [0, 0.1) is 0 Å². The van der Waals surface area contributed by atoms with Crippen molar-refractivity contribution in [2.45, 2.75) is 290 Å². The van der Waals surface area contributed by atoms with E-state index in [2.05, 4.69) is 31.3 Å². The van der Waals surface area contributed by atoms with Crippen LogP contribution in [-0.4, -0.2) is 91.8 Å². The molecule has 1 N–H and O–H groups in total. The van der Waals surface area contributed by atoms with E-state index in [0.717, 1.165) is 65.7 Å². The van der Waals surface area contributed by atoms with Crippen molar-refractivity contribution < 1.29 is 61.9 Å². The smallest absolute Gasteiger partial charge is 0.338 e. The zero-order valence-electron chi connectivity index (χ0n) is 48.6. The average Bonchev–Trinajstić information content (AvgIpc) is 3.39. The van der Waals surface area contributed by atoms with E-state index in [1.807, 2.05) is 6.08 Å². The minimum absolute atomic E-state index is 0.228. The number of hydrogen-bond acceptors (Lipinski definition) is 13. The van der Waals surface area contributed by atoms with Crippen molar-refractivity contribution in [3.05, 3.63) is 60.2 Å². The van der Waals surface area contributed by atoms with Crippen LogP contribution in [0.3, 0.4) is 0 Å². The molecule has 1 saturated heterocycles. The van der Waals surface area contributed by atoms with Crippen LogP contribution in [-0.2, 0) is 57.1 Å². The van der Waals surface area contributed by atoms with Gasteiger partial charge in [0.15, 0.2) is 24.6 Å². The molecule has 14 heteroatoms. The zero-order valence-corrected chi connectivity index (χ0v) is 48.6. The molecule has 1 amide bonds. The van der Waals surface area contributed by atoms with Crippen LogP contribution in [0.15, 0.2) is 54.6 Å². The topological polar surface area (TPSA) is 179 Å². The summed E-state index contributed by atoms with van der Waals surface area (Å²) in [5.41, 5.74) is 0.319. The Kier molecular flexibility index (Phi) is 40.3. The molecule has 1 aromatic rings. The van der Waals surface area contributed by atoms with Crippen LogP contribution in [0.2, 0.25) is 0 Å². The van der Waals surface area contributed by atoms with Gasteiger partial charge in [0.05, 0.1) is 18.2 Å². The fraction of sp³-hybridized carbons (Fsp3) is 0.746. The first-order valence-electron chi connectivity index (χ1n) is 30.1. The first-order valence-corrected chi connectivity index (χ1v) is 30.1. The van der Waals surface area contributed by atoms with Crippen molar-refractivity contribution in [1.82, 2.24) is 5.32 Å². The Bertz CT molecular complexity index is 1790. The summed E-state index contributed by atoms with van der Waals surface area (Å²) >= 11 is 0. The van der Waals surface area contributed by atoms with Crippen molar-refractivity contribution in [3.63, 3.8) is 0 Å². The van der Waals surface area contributed by atoms with Gasteiger partial charge in [-0.25, -0.2) is 4.79 Å². The Morgan fingerprint density at radius 2 is 0.948 bits per heavy atom. The third-order valence-electron chi connectivity index (χ3n) is 13.8. The molecule has 0 radical (unpaired) electrons. The number of unbranched alkanes of at least 4 members (excludes halogenated alkanes) is 28.